The number of thiazole rings is 1. The Balaban J connectivity index is 1.50. The third kappa shape index (κ3) is 4.29. The van der Waals surface area contributed by atoms with Crippen molar-refractivity contribution in [3.05, 3.63) is 35.1 Å². The molecule has 0 spiro atoms. The van der Waals surface area contributed by atoms with Crippen LogP contribution in [0.5, 0.6) is 0 Å². The maximum atomic E-state index is 12.0. The van der Waals surface area contributed by atoms with Gasteiger partial charge in [-0.3, -0.25) is 9.89 Å². The molecule has 1 amide bonds. The first kappa shape index (κ1) is 15.9. The van der Waals surface area contributed by atoms with Gasteiger partial charge in [-0.25, -0.2) is 9.97 Å². The highest BCUT2D eigenvalue weighted by atomic mass is 32.2. The molecular weight excluding hydrogens is 330 g/mol. The Kier molecular flexibility index (Phi) is 4.92. The summed E-state index contributed by atoms with van der Waals surface area (Å²) in [4.78, 5) is 20.7. The van der Waals surface area contributed by atoms with Crippen LogP contribution >= 0.6 is 23.1 Å². The fourth-order valence-electron chi connectivity index (χ4n) is 2.15. The van der Waals surface area contributed by atoms with E-state index in [9.17, 15) is 4.79 Å². The zero-order valence-corrected chi connectivity index (χ0v) is 14.5. The van der Waals surface area contributed by atoms with Gasteiger partial charge in [-0.2, -0.15) is 0 Å². The Morgan fingerprint density at radius 3 is 2.96 bits per heavy atom. The van der Waals surface area contributed by atoms with Gasteiger partial charge in [0.25, 0.3) is 0 Å². The van der Waals surface area contributed by atoms with Gasteiger partial charge in [0.15, 0.2) is 0 Å². The van der Waals surface area contributed by atoms with Crippen LogP contribution in [0.15, 0.2) is 29.4 Å². The predicted molar refractivity (Wildman–Crippen MR) is 92.8 cm³/mol. The smallest absolute Gasteiger partial charge is 0.230 e. The van der Waals surface area contributed by atoms with Crippen LogP contribution in [-0.2, 0) is 11.2 Å². The maximum absolute atomic E-state index is 12.0. The third-order valence-electron chi connectivity index (χ3n) is 3.14. The van der Waals surface area contributed by atoms with E-state index in [1.807, 2.05) is 32.0 Å². The highest BCUT2D eigenvalue weighted by Crippen LogP contribution is 2.22. The summed E-state index contributed by atoms with van der Waals surface area (Å²) in [6.45, 7) is 3.82. The molecule has 0 saturated heterocycles. The second-order valence-corrected chi connectivity index (χ2v) is 7.30. The van der Waals surface area contributed by atoms with Gasteiger partial charge >= 0.3 is 0 Å². The monoisotopic (exact) mass is 347 g/mol. The summed E-state index contributed by atoms with van der Waals surface area (Å²) < 4.78 is 1.18. The van der Waals surface area contributed by atoms with Gasteiger partial charge in [0.2, 0.25) is 11.1 Å². The molecule has 1 atom stereocenters. The molecule has 0 saturated carbocycles. The molecule has 2 aromatic heterocycles. The van der Waals surface area contributed by atoms with Crippen LogP contribution < -0.4 is 5.32 Å². The summed E-state index contributed by atoms with van der Waals surface area (Å²) in [5.74, 6) is 1.03. The van der Waals surface area contributed by atoms with Gasteiger partial charge in [-0.05, 0) is 26.0 Å². The van der Waals surface area contributed by atoms with Crippen LogP contribution in [0.25, 0.3) is 10.2 Å². The fraction of sp³-hybridized carbons (Fsp3) is 0.333. The summed E-state index contributed by atoms with van der Waals surface area (Å²) in [7, 11) is 0. The quantitative estimate of drug-likeness (QED) is 0.670. The molecular formula is C15H17N5OS2. The average molecular weight is 347 g/mol. The number of nitrogens with one attached hydrogen (secondary N) is 2. The number of carbonyl (C=O) groups excluding carboxylic acids is 1. The number of para-hydroxylation sites is 1. The average Bonchev–Trinajstić information content (AvgIpc) is 3.10. The van der Waals surface area contributed by atoms with Crippen molar-refractivity contribution in [3.63, 3.8) is 0 Å². The van der Waals surface area contributed by atoms with E-state index in [-0.39, 0.29) is 11.9 Å². The SMILES string of the molecule is Cc1nc(SCC(=O)NC(C)Cc2nc3ccccc3s2)n[nH]1. The molecule has 1 unspecified atom stereocenters. The first-order chi connectivity index (χ1) is 11.1. The number of hydrogen-bond acceptors (Lipinski definition) is 6. The minimum Gasteiger partial charge on any atom is -0.352 e. The van der Waals surface area contributed by atoms with Gasteiger partial charge in [-0.1, -0.05) is 23.9 Å². The predicted octanol–water partition coefficient (Wildman–Crippen LogP) is 2.56. The first-order valence-corrected chi connectivity index (χ1v) is 9.06. The highest BCUT2D eigenvalue weighted by molar-refractivity contribution is 7.99. The molecule has 120 valence electrons. The van der Waals surface area contributed by atoms with Gasteiger partial charge in [0.1, 0.15) is 5.82 Å². The number of fused-ring (bicyclic) bond motifs is 1. The number of thioether (sulfide) groups is 1. The number of hydrogen-bond donors (Lipinski definition) is 2. The van der Waals surface area contributed by atoms with Crippen molar-refractivity contribution in [2.24, 2.45) is 0 Å². The molecule has 6 nitrogen and oxygen atoms in total. The number of aryl methyl sites for hydroxylation is 1. The molecule has 0 aliphatic rings. The van der Waals surface area contributed by atoms with Crippen LogP contribution in [0.2, 0.25) is 0 Å². The van der Waals surface area contributed by atoms with Crippen LogP contribution in [0.1, 0.15) is 17.8 Å². The van der Waals surface area contributed by atoms with E-state index >= 15 is 0 Å². The Hall–Kier alpha value is -1.93. The second-order valence-electron chi connectivity index (χ2n) is 5.24. The zero-order chi connectivity index (χ0) is 16.2. The molecule has 3 aromatic rings. The van der Waals surface area contributed by atoms with E-state index < -0.39 is 0 Å². The molecule has 2 N–H and O–H groups in total. The lowest BCUT2D eigenvalue weighted by atomic mass is 10.2. The molecule has 8 heteroatoms. The van der Waals surface area contributed by atoms with Crippen molar-refractivity contribution in [2.75, 3.05) is 5.75 Å². The minimum absolute atomic E-state index is 0.0222. The van der Waals surface area contributed by atoms with Gasteiger partial charge in [-0.15, -0.1) is 16.4 Å². The van der Waals surface area contributed by atoms with Gasteiger partial charge in [0, 0.05) is 12.5 Å². The number of H-pyrrole nitrogens is 1. The van der Waals surface area contributed by atoms with E-state index in [2.05, 4.69) is 31.5 Å². The summed E-state index contributed by atoms with van der Waals surface area (Å²) >= 11 is 3.00. The van der Waals surface area contributed by atoms with Crippen molar-refractivity contribution >= 4 is 39.2 Å². The Morgan fingerprint density at radius 2 is 2.22 bits per heavy atom. The number of amides is 1. The van der Waals surface area contributed by atoms with Crippen molar-refractivity contribution in [3.8, 4) is 0 Å². The van der Waals surface area contributed by atoms with Crippen LogP contribution in [0.4, 0.5) is 0 Å². The Bertz CT molecular complexity index is 780. The van der Waals surface area contributed by atoms with E-state index in [1.54, 1.807) is 11.3 Å². The molecule has 2 heterocycles. The van der Waals surface area contributed by atoms with Crippen LogP contribution in [-0.4, -0.2) is 37.9 Å². The Labute approximate surface area is 142 Å². The lowest BCUT2D eigenvalue weighted by Crippen LogP contribution is -2.35. The molecule has 0 fully saturated rings. The van der Waals surface area contributed by atoms with Gasteiger partial charge in [0.05, 0.1) is 21.0 Å². The largest absolute Gasteiger partial charge is 0.352 e. The van der Waals surface area contributed by atoms with E-state index in [0.717, 1.165) is 22.8 Å². The van der Waals surface area contributed by atoms with E-state index in [4.69, 9.17) is 0 Å². The summed E-state index contributed by atoms with van der Waals surface area (Å²) in [5, 5.41) is 11.4. The molecule has 0 aliphatic carbocycles. The molecule has 23 heavy (non-hydrogen) atoms. The van der Waals surface area contributed by atoms with Crippen molar-refractivity contribution in [2.45, 2.75) is 31.5 Å². The summed E-state index contributed by atoms with van der Waals surface area (Å²) in [6, 6.07) is 8.11. The number of carbonyl (C=O) groups is 1. The topological polar surface area (TPSA) is 83.6 Å². The third-order valence-corrected chi connectivity index (χ3v) is 5.04. The Morgan fingerprint density at radius 1 is 1.39 bits per heavy atom. The van der Waals surface area contributed by atoms with E-state index in [0.29, 0.717) is 10.9 Å². The molecule has 3 rings (SSSR count). The molecule has 0 aliphatic heterocycles. The minimum atomic E-state index is -0.0222. The summed E-state index contributed by atoms with van der Waals surface area (Å²) in [5.41, 5.74) is 1.02. The fourth-order valence-corrected chi connectivity index (χ4v) is 3.90. The zero-order valence-electron chi connectivity index (χ0n) is 12.9. The molecule has 0 bridgehead atoms. The van der Waals surface area contributed by atoms with Crippen LogP contribution in [0.3, 0.4) is 0 Å². The summed E-state index contributed by atoms with van der Waals surface area (Å²) in [6.07, 6.45) is 0.732. The van der Waals surface area contributed by atoms with E-state index in [1.165, 1.54) is 16.5 Å². The van der Waals surface area contributed by atoms with Crippen LogP contribution in [0, 0.1) is 6.92 Å². The lowest BCUT2D eigenvalue weighted by molar-refractivity contribution is -0.119. The first-order valence-electron chi connectivity index (χ1n) is 7.26. The normalized spacial score (nSPS) is 12.4. The highest BCUT2D eigenvalue weighted by Gasteiger charge is 2.12. The second kappa shape index (κ2) is 7.10. The maximum Gasteiger partial charge on any atom is 0.230 e. The van der Waals surface area contributed by atoms with Crippen molar-refractivity contribution < 1.29 is 4.79 Å². The number of nitrogens with zero attached hydrogens (tertiary/aromatic N) is 3. The number of rotatable bonds is 6. The number of aromatic amines is 1. The standard InChI is InChI=1S/C15H17N5OS2/c1-9(7-14-18-11-5-3-4-6-12(11)23-14)16-13(21)8-22-15-17-10(2)19-20-15/h3-6,9H,7-8H2,1-2H3,(H,16,21)(H,17,19,20). The molecule has 1 aromatic carbocycles. The van der Waals surface area contributed by atoms with Gasteiger partial charge < -0.3 is 5.32 Å². The lowest BCUT2D eigenvalue weighted by Gasteiger charge is -2.11. The number of benzene rings is 1. The number of aromatic nitrogens is 4. The van der Waals surface area contributed by atoms with Crippen molar-refractivity contribution in [1.29, 1.82) is 0 Å². The van der Waals surface area contributed by atoms with Crippen molar-refractivity contribution in [1.82, 2.24) is 25.5 Å². The molecule has 0 radical (unpaired) electrons.